The molecule has 1 aliphatic carbocycles. The van der Waals surface area contributed by atoms with Crippen molar-refractivity contribution < 1.29 is 8.78 Å². The number of halogens is 2. The third kappa shape index (κ3) is 5.15. The molecule has 140 valence electrons. The summed E-state index contributed by atoms with van der Waals surface area (Å²) in [5.74, 6) is 0.877. The summed E-state index contributed by atoms with van der Waals surface area (Å²) in [6.45, 7) is 2.30. The maximum absolute atomic E-state index is 13.5. The Bertz CT molecular complexity index is 529. The zero-order valence-electron chi connectivity index (χ0n) is 15.8. The highest BCUT2D eigenvalue weighted by Crippen LogP contribution is 2.43. The van der Waals surface area contributed by atoms with Crippen molar-refractivity contribution in [2.24, 2.45) is 11.8 Å². The van der Waals surface area contributed by atoms with E-state index in [1.54, 1.807) is 24.2 Å². The normalized spacial score (nSPS) is 30.4. The molecule has 0 atom stereocenters. The van der Waals surface area contributed by atoms with E-state index in [2.05, 4.69) is 6.92 Å². The number of rotatable bonds is 6. The summed E-state index contributed by atoms with van der Waals surface area (Å²) >= 11 is 0. The Labute approximate surface area is 154 Å². The summed E-state index contributed by atoms with van der Waals surface area (Å²) in [5.41, 5.74) is 1.00. The number of hydrogen-bond donors (Lipinski definition) is 0. The molecule has 25 heavy (non-hydrogen) atoms. The van der Waals surface area contributed by atoms with Crippen LogP contribution >= 0.6 is 0 Å². The molecule has 1 heterocycles. The molecule has 1 aromatic carbocycles. The Morgan fingerprint density at radius 1 is 0.880 bits per heavy atom. The van der Waals surface area contributed by atoms with Crippen LogP contribution in [-0.2, 0) is 0 Å². The van der Waals surface area contributed by atoms with Gasteiger partial charge in [0.2, 0.25) is 0 Å². The molecule has 3 heteroatoms. The lowest BCUT2D eigenvalue weighted by Crippen LogP contribution is -2.28. The number of hydrogen-bond acceptors (Lipinski definition) is 0. The first-order valence-electron chi connectivity index (χ1n) is 10.6. The number of unbranched alkanes of at least 4 members (excludes halogenated alkanes) is 2. The van der Waals surface area contributed by atoms with Gasteiger partial charge in [-0.2, -0.15) is 0 Å². The quantitative estimate of drug-likeness (QED) is 0.374. The second-order valence-corrected chi connectivity index (χ2v) is 12.0. The van der Waals surface area contributed by atoms with E-state index < -0.39 is 20.4 Å². The van der Waals surface area contributed by atoms with Crippen LogP contribution in [0.4, 0.5) is 8.78 Å². The molecule has 0 aromatic heterocycles. The van der Waals surface area contributed by atoms with E-state index in [1.807, 2.05) is 0 Å². The molecule has 1 aromatic rings. The standard InChI is InChI=1S/C22H34F2Si/c1-2-3-4-13-25-14-11-19(12-15-25)17-5-7-18(8-6-17)20-9-10-21(23)22(24)16-20/h9-10,16-19,25H,2-8,11-15H2,1H3/t17-,18-,19?,25?. The summed E-state index contributed by atoms with van der Waals surface area (Å²) < 4.78 is 26.6. The Morgan fingerprint density at radius 2 is 1.56 bits per heavy atom. The predicted octanol–water partition coefficient (Wildman–Crippen LogP) is 7.07. The van der Waals surface area contributed by atoms with E-state index >= 15 is 0 Å². The molecule has 1 saturated heterocycles. The second-order valence-electron chi connectivity index (χ2n) is 8.56. The lowest BCUT2D eigenvalue weighted by molar-refractivity contribution is 0.216. The van der Waals surface area contributed by atoms with Gasteiger partial charge in [-0.3, -0.25) is 0 Å². The summed E-state index contributed by atoms with van der Waals surface area (Å²) in [4.78, 5) is 0. The van der Waals surface area contributed by atoms with Gasteiger partial charge in [0.25, 0.3) is 0 Å². The molecule has 0 N–H and O–H groups in total. The summed E-state index contributed by atoms with van der Waals surface area (Å²) in [6, 6.07) is 9.25. The zero-order chi connectivity index (χ0) is 17.6. The summed E-state index contributed by atoms with van der Waals surface area (Å²) in [5, 5.41) is 0. The van der Waals surface area contributed by atoms with Crippen LogP contribution < -0.4 is 0 Å². The van der Waals surface area contributed by atoms with Gasteiger partial charge in [0.1, 0.15) is 0 Å². The zero-order valence-corrected chi connectivity index (χ0v) is 16.9. The molecular formula is C22H34F2Si. The smallest absolute Gasteiger partial charge is 0.159 e. The fourth-order valence-electron chi connectivity index (χ4n) is 5.32. The van der Waals surface area contributed by atoms with Gasteiger partial charge in [0.05, 0.1) is 0 Å². The van der Waals surface area contributed by atoms with Crippen molar-refractivity contribution in [3.63, 3.8) is 0 Å². The van der Waals surface area contributed by atoms with E-state index in [0.29, 0.717) is 5.92 Å². The molecule has 2 aliphatic rings. The number of benzene rings is 1. The molecule has 3 rings (SSSR count). The molecule has 2 fully saturated rings. The van der Waals surface area contributed by atoms with Crippen molar-refractivity contribution in [3.8, 4) is 0 Å². The van der Waals surface area contributed by atoms with Crippen molar-refractivity contribution in [3.05, 3.63) is 35.4 Å². The van der Waals surface area contributed by atoms with Gasteiger partial charge in [-0.25, -0.2) is 8.78 Å². The Balaban J connectivity index is 1.43. The van der Waals surface area contributed by atoms with Crippen molar-refractivity contribution in [1.29, 1.82) is 0 Å². The highest BCUT2D eigenvalue weighted by molar-refractivity contribution is 6.58. The van der Waals surface area contributed by atoms with E-state index in [1.165, 1.54) is 57.1 Å². The third-order valence-corrected chi connectivity index (χ3v) is 10.5. The van der Waals surface area contributed by atoms with Gasteiger partial charge in [0, 0.05) is 8.80 Å². The molecule has 0 nitrogen and oxygen atoms in total. The van der Waals surface area contributed by atoms with Gasteiger partial charge >= 0.3 is 0 Å². The molecule has 0 bridgehead atoms. The average Bonchev–Trinajstić information content (AvgIpc) is 2.65. The SMILES string of the molecule is CCCCC[SiH]1CCC([C@H]2CC[C@H](c3ccc(F)c(F)c3)CC2)CC1. The van der Waals surface area contributed by atoms with Crippen molar-refractivity contribution >= 4 is 8.80 Å². The van der Waals surface area contributed by atoms with Gasteiger partial charge in [-0.05, 0) is 61.1 Å². The van der Waals surface area contributed by atoms with Gasteiger partial charge in [-0.15, -0.1) is 0 Å². The largest absolute Gasteiger partial charge is 0.204 e. The molecule has 0 spiro atoms. The Hall–Kier alpha value is -0.703. The first-order chi connectivity index (χ1) is 12.2. The van der Waals surface area contributed by atoms with Gasteiger partial charge in [-0.1, -0.05) is 63.2 Å². The lowest BCUT2D eigenvalue weighted by Gasteiger charge is -2.37. The van der Waals surface area contributed by atoms with Crippen molar-refractivity contribution in [2.45, 2.75) is 88.8 Å². The Morgan fingerprint density at radius 3 is 2.20 bits per heavy atom. The van der Waals surface area contributed by atoms with Crippen LogP contribution in [0.2, 0.25) is 18.1 Å². The first-order valence-corrected chi connectivity index (χ1v) is 13.1. The van der Waals surface area contributed by atoms with Crippen LogP contribution in [0.3, 0.4) is 0 Å². The van der Waals surface area contributed by atoms with Crippen LogP contribution in [0.25, 0.3) is 0 Å². The fraction of sp³-hybridized carbons (Fsp3) is 0.727. The molecule has 0 unspecified atom stereocenters. The third-order valence-electron chi connectivity index (χ3n) is 6.96. The minimum absolute atomic E-state index is 0.400. The van der Waals surface area contributed by atoms with Crippen LogP contribution in [0.1, 0.15) is 76.2 Å². The van der Waals surface area contributed by atoms with Gasteiger partial charge < -0.3 is 0 Å². The molecule has 0 amide bonds. The summed E-state index contributed by atoms with van der Waals surface area (Å²) in [7, 11) is -0.400. The molecular weight excluding hydrogens is 330 g/mol. The second kappa shape index (κ2) is 9.30. The van der Waals surface area contributed by atoms with Crippen molar-refractivity contribution in [2.75, 3.05) is 0 Å². The van der Waals surface area contributed by atoms with E-state index in [-0.39, 0.29) is 0 Å². The van der Waals surface area contributed by atoms with E-state index in [0.717, 1.165) is 30.2 Å². The topological polar surface area (TPSA) is 0 Å². The van der Waals surface area contributed by atoms with E-state index in [9.17, 15) is 8.78 Å². The predicted molar refractivity (Wildman–Crippen MR) is 105 cm³/mol. The minimum atomic E-state index is -0.725. The molecule has 0 radical (unpaired) electrons. The minimum Gasteiger partial charge on any atom is -0.204 e. The fourth-order valence-corrected chi connectivity index (χ4v) is 8.85. The molecule has 1 saturated carbocycles. The van der Waals surface area contributed by atoms with Gasteiger partial charge in [0.15, 0.2) is 11.6 Å². The highest BCUT2D eigenvalue weighted by atomic mass is 28.3. The molecule has 1 aliphatic heterocycles. The van der Waals surface area contributed by atoms with Crippen LogP contribution in [0.5, 0.6) is 0 Å². The van der Waals surface area contributed by atoms with Crippen LogP contribution in [-0.4, -0.2) is 8.80 Å². The monoisotopic (exact) mass is 364 g/mol. The summed E-state index contributed by atoms with van der Waals surface area (Å²) in [6.07, 6.45) is 12.1. The van der Waals surface area contributed by atoms with Crippen LogP contribution in [0, 0.1) is 23.5 Å². The highest BCUT2D eigenvalue weighted by Gasteiger charge is 2.31. The maximum atomic E-state index is 13.5. The van der Waals surface area contributed by atoms with Crippen molar-refractivity contribution in [1.82, 2.24) is 0 Å². The average molecular weight is 365 g/mol. The first kappa shape index (κ1) is 19.1. The lowest BCUT2D eigenvalue weighted by atomic mass is 9.72. The Kier molecular flexibility index (Phi) is 7.09. The van der Waals surface area contributed by atoms with E-state index in [4.69, 9.17) is 0 Å². The van der Waals surface area contributed by atoms with Crippen LogP contribution in [0.15, 0.2) is 18.2 Å². The maximum Gasteiger partial charge on any atom is 0.159 e.